The summed E-state index contributed by atoms with van der Waals surface area (Å²) in [6.45, 7) is 1.90. The van der Waals surface area contributed by atoms with Gasteiger partial charge in [0.05, 0.1) is 0 Å². The van der Waals surface area contributed by atoms with E-state index in [0.717, 1.165) is 5.56 Å². The third kappa shape index (κ3) is 3.25. The number of aryl methyl sites for hydroxylation is 1. The van der Waals surface area contributed by atoms with Gasteiger partial charge in [-0.25, -0.2) is 0 Å². The molecule has 0 aromatic heterocycles. The number of hydrogen-bond donors (Lipinski definition) is 3. The van der Waals surface area contributed by atoms with Crippen molar-refractivity contribution < 1.29 is 15.0 Å². The summed E-state index contributed by atoms with van der Waals surface area (Å²) in [5, 5.41) is 18.1. The van der Waals surface area contributed by atoms with Crippen molar-refractivity contribution in [3.63, 3.8) is 0 Å². The van der Waals surface area contributed by atoms with Gasteiger partial charge in [0, 0.05) is 18.0 Å². The van der Waals surface area contributed by atoms with Crippen molar-refractivity contribution in [1.82, 2.24) is 0 Å². The molecule has 1 atom stereocenters. The molecule has 0 aliphatic heterocycles. The topological polar surface area (TPSA) is 83.5 Å². The van der Waals surface area contributed by atoms with Crippen molar-refractivity contribution in [3.05, 3.63) is 29.3 Å². The molecule has 0 spiro atoms. The second-order valence-electron chi connectivity index (χ2n) is 3.60. The Balaban J connectivity index is 2.76. The lowest BCUT2D eigenvalue weighted by Gasteiger charge is -2.13. The van der Waals surface area contributed by atoms with E-state index >= 15 is 0 Å². The molecule has 1 unspecified atom stereocenters. The van der Waals surface area contributed by atoms with Gasteiger partial charge in [-0.2, -0.15) is 0 Å². The quantitative estimate of drug-likeness (QED) is 0.702. The molecule has 15 heavy (non-hydrogen) atoms. The van der Waals surface area contributed by atoms with Crippen LogP contribution in [0.1, 0.15) is 30.0 Å². The summed E-state index contributed by atoms with van der Waals surface area (Å²) in [5.41, 5.74) is 7.39. The first-order valence-electron chi connectivity index (χ1n) is 4.77. The van der Waals surface area contributed by atoms with Crippen molar-refractivity contribution in [2.75, 3.05) is 0 Å². The van der Waals surface area contributed by atoms with Crippen molar-refractivity contribution in [1.29, 1.82) is 0 Å². The number of rotatable bonds is 4. The van der Waals surface area contributed by atoms with Gasteiger partial charge in [0.25, 0.3) is 0 Å². The van der Waals surface area contributed by atoms with E-state index in [1.165, 1.54) is 0 Å². The van der Waals surface area contributed by atoms with E-state index in [1.807, 2.05) is 6.92 Å². The average Bonchev–Trinajstić information content (AvgIpc) is 2.18. The van der Waals surface area contributed by atoms with Crippen LogP contribution in [-0.2, 0) is 4.79 Å². The summed E-state index contributed by atoms with van der Waals surface area (Å²) in [6.07, 6.45) is 0.334. The molecule has 0 heterocycles. The third-order valence-electron chi connectivity index (χ3n) is 2.25. The van der Waals surface area contributed by atoms with E-state index < -0.39 is 12.0 Å². The average molecular weight is 209 g/mol. The van der Waals surface area contributed by atoms with Gasteiger partial charge < -0.3 is 15.9 Å². The first-order valence-corrected chi connectivity index (χ1v) is 4.77. The van der Waals surface area contributed by atoms with Crippen molar-refractivity contribution in [3.8, 4) is 5.75 Å². The second-order valence-corrected chi connectivity index (χ2v) is 3.60. The SMILES string of the molecule is Cc1ccc(O)c(C(N)CCC(=O)O)c1. The predicted molar refractivity (Wildman–Crippen MR) is 56.6 cm³/mol. The molecule has 0 saturated carbocycles. The molecule has 4 nitrogen and oxygen atoms in total. The fourth-order valence-corrected chi connectivity index (χ4v) is 1.41. The molecule has 1 aromatic rings. The number of phenolic OH excluding ortho intramolecular Hbond substituents is 1. The number of hydrogen-bond acceptors (Lipinski definition) is 3. The summed E-state index contributed by atoms with van der Waals surface area (Å²) in [7, 11) is 0. The van der Waals surface area contributed by atoms with Crippen LogP contribution in [-0.4, -0.2) is 16.2 Å². The molecule has 0 fully saturated rings. The Morgan fingerprint density at radius 2 is 2.20 bits per heavy atom. The molecule has 0 aliphatic rings. The minimum absolute atomic E-state index is 0.00848. The van der Waals surface area contributed by atoms with Gasteiger partial charge >= 0.3 is 5.97 Å². The van der Waals surface area contributed by atoms with Crippen LogP contribution in [0.5, 0.6) is 5.75 Å². The zero-order valence-electron chi connectivity index (χ0n) is 8.60. The summed E-state index contributed by atoms with van der Waals surface area (Å²) < 4.78 is 0. The number of carboxylic acids is 1. The molecule has 1 aromatic carbocycles. The van der Waals surface area contributed by atoms with Gasteiger partial charge in [-0.3, -0.25) is 4.79 Å². The first kappa shape index (κ1) is 11.5. The molecule has 0 bridgehead atoms. The molecule has 0 saturated heterocycles. The van der Waals surface area contributed by atoms with Crippen LogP contribution in [0.25, 0.3) is 0 Å². The van der Waals surface area contributed by atoms with E-state index in [9.17, 15) is 9.90 Å². The molecule has 82 valence electrons. The Morgan fingerprint density at radius 1 is 1.53 bits per heavy atom. The van der Waals surface area contributed by atoms with Gasteiger partial charge in [-0.1, -0.05) is 17.7 Å². The summed E-state index contributed by atoms with van der Waals surface area (Å²) in [4.78, 5) is 10.4. The van der Waals surface area contributed by atoms with Crippen LogP contribution >= 0.6 is 0 Å². The molecule has 0 amide bonds. The van der Waals surface area contributed by atoms with Gasteiger partial charge in [-0.15, -0.1) is 0 Å². The zero-order valence-corrected chi connectivity index (χ0v) is 8.60. The van der Waals surface area contributed by atoms with E-state index in [0.29, 0.717) is 12.0 Å². The van der Waals surface area contributed by atoms with Crippen LogP contribution < -0.4 is 5.73 Å². The molecular formula is C11H15NO3. The fourth-order valence-electron chi connectivity index (χ4n) is 1.41. The number of carbonyl (C=O) groups is 1. The van der Waals surface area contributed by atoms with Crippen molar-refractivity contribution >= 4 is 5.97 Å². The van der Waals surface area contributed by atoms with Crippen molar-refractivity contribution in [2.24, 2.45) is 5.73 Å². The van der Waals surface area contributed by atoms with Gasteiger partial charge in [0.2, 0.25) is 0 Å². The highest BCUT2D eigenvalue weighted by molar-refractivity contribution is 5.66. The van der Waals surface area contributed by atoms with Crippen LogP contribution in [0.4, 0.5) is 0 Å². The number of carboxylic acid groups (broad SMARTS) is 1. The van der Waals surface area contributed by atoms with Crippen LogP contribution in [0, 0.1) is 6.92 Å². The molecule has 0 aliphatic carbocycles. The number of phenols is 1. The Bertz CT molecular complexity index is 363. The Morgan fingerprint density at radius 3 is 2.80 bits per heavy atom. The predicted octanol–water partition coefficient (Wildman–Crippen LogP) is 1.57. The molecule has 0 radical (unpaired) electrons. The van der Waals surface area contributed by atoms with E-state index in [4.69, 9.17) is 10.8 Å². The largest absolute Gasteiger partial charge is 0.508 e. The third-order valence-corrected chi connectivity index (χ3v) is 2.25. The Hall–Kier alpha value is -1.55. The lowest BCUT2D eigenvalue weighted by molar-refractivity contribution is -0.137. The first-order chi connectivity index (χ1) is 7.00. The molecular weight excluding hydrogens is 194 g/mol. The normalized spacial score (nSPS) is 12.4. The summed E-state index contributed by atoms with van der Waals surface area (Å²) in [5.74, 6) is -0.754. The lowest BCUT2D eigenvalue weighted by Crippen LogP contribution is -2.12. The van der Waals surface area contributed by atoms with Gasteiger partial charge in [0.1, 0.15) is 5.75 Å². The molecule has 4 N–H and O–H groups in total. The number of aliphatic carboxylic acids is 1. The maximum Gasteiger partial charge on any atom is 0.303 e. The minimum Gasteiger partial charge on any atom is -0.508 e. The standard InChI is InChI=1S/C11H15NO3/c1-7-2-4-10(13)8(6-7)9(12)3-5-11(14)15/h2,4,6,9,13H,3,5,12H2,1H3,(H,14,15). The van der Waals surface area contributed by atoms with E-state index in [1.54, 1.807) is 18.2 Å². The van der Waals surface area contributed by atoms with Crippen LogP contribution in [0.3, 0.4) is 0 Å². The highest BCUT2D eigenvalue weighted by Gasteiger charge is 2.12. The zero-order chi connectivity index (χ0) is 11.4. The maximum absolute atomic E-state index is 10.4. The van der Waals surface area contributed by atoms with Gasteiger partial charge in [-0.05, 0) is 19.4 Å². The van der Waals surface area contributed by atoms with E-state index in [2.05, 4.69) is 0 Å². The Kier molecular flexibility index (Phi) is 3.68. The number of aromatic hydroxyl groups is 1. The maximum atomic E-state index is 10.4. The van der Waals surface area contributed by atoms with Crippen LogP contribution in [0.15, 0.2) is 18.2 Å². The summed E-state index contributed by atoms with van der Waals surface area (Å²) in [6, 6.07) is 4.71. The highest BCUT2D eigenvalue weighted by atomic mass is 16.4. The molecule has 1 rings (SSSR count). The van der Waals surface area contributed by atoms with Crippen LogP contribution in [0.2, 0.25) is 0 Å². The Labute approximate surface area is 88.3 Å². The molecule has 4 heteroatoms. The second kappa shape index (κ2) is 4.79. The van der Waals surface area contributed by atoms with Gasteiger partial charge in [0.15, 0.2) is 0 Å². The monoisotopic (exact) mass is 209 g/mol. The minimum atomic E-state index is -0.877. The number of nitrogens with two attached hydrogens (primary N) is 1. The van der Waals surface area contributed by atoms with E-state index in [-0.39, 0.29) is 12.2 Å². The number of benzene rings is 1. The fraction of sp³-hybridized carbons (Fsp3) is 0.364. The lowest BCUT2D eigenvalue weighted by atomic mass is 10.00. The summed E-state index contributed by atoms with van der Waals surface area (Å²) >= 11 is 0. The van der Waals surface area contributed by atoms with Crippen molar-refractivity contribution in [2.45, 2.75) is 25.8 Å². The highest BCUT2D eigenvalue weighted by Crippen LogP contribution is 2.26. The smallest absolute Gasteiger partial charge is 0.303 e.